The summed E-state index contributed by atoms with van der Waals surface area (Å²) in [6.45, 7) is 3.75. The van der Waals surface area contributed by atoms with Crippen LogP contribution in [0, 0.1) is 11.6 Å². The number of halogens is 2. The highest BCUT2D eigenvalue weighted by atomic mass is 19.1. The van der Waals surface area contributed by atoms with Crippen LogP contribution in [0.25, 0.3) is 0 Å². The van der Waals surface area contributed by atoms with Crippen LogP contribution in [0.15, 0.2) is 18.2 Å². The number of ether oxygens (including phenoxy) is 1. The van der Waals surface area contributed by atoms with Crippen molar-refractivity contribution in [2.75, 3.05) is 6.61 Å². The Morgan fingerprint density at radius 1 is 1.18 bits per heavy atom. The summed E-state index contributed by atoms with van der Waals surface area (Å²) in [6.07, 6.45) is 3.86. The number of unbranched alkanes of at least 4 members (excludes halogenated alkanes) is 3. The molecule has 1 unspecified atom stereocenters. The first-order valence-electron chi connectivity index (χ1n) is 7.38. The molecule has 0 spiro atoms. The highest BCUT2D eigenvalue weighted by Gasteiger charge is 2.22. The molecule has 0 saturated carbocycles. The van der Waals surface area contributed by atoms with Gasteiger partial charge < -0.3 is 10.1 Å². The molecule has 0 radical (unpaired) electrons. The van der Waals surface area contributed by atoms with Crippen LogP contribution in [0.2, 0.25) is 0 Å². The largest absolute Gasteiger partial charge is 0.464 e. The molecule has 1 N–H and O–H groups in total. The van der Waals surface area contributed by atoms with Gasteiger partial charge in [0.15, 0.2) is 0 Å². The number of esters is 1. The van der Waals surface area contributed by atoms with Crippen LogP contribution in [-0.2, 0) is 9.53 Å². The van der Waals surface area contributed by atoms with Gasteiger partial charge in [-0.3, -0.25) is 4.79 Å². The Morgan fingerprint density at radius 2 is 1.82 bits per heavy atom. The number of benzene rings is 1. The van der Waals surface area contributed by atoms with Gasteiger partial charge in [-0.15, -0.1) is 0 Å². The fourth-order valence-corrected chi connectivity index (χ4v) is 1.87. The summed E-state index contributed by atoms with van der Waals surface area (Å²) >= 11 is 0. The maximum absolute atomic E-state index is 13.5. The molecular weight excluding hydrogens is 292 g/mol. The molecule has 0 saturated heterocycles. The van der Waals surface area contributed by atoms with E-state index in [1.54, 1.807) is 0 Å². The second-order valence-corrected chi connectivity index (χ2v) is 5.02. The number of carbonyl (C=O) groups excluding carboxylic acids is 2. The van der Waals surface area contributed by atoms with Gasteiger partial charge in [-0.1, -0.05) is 32.3 Å². The molecule has 0 aliphatic rings. The lowest BCUT2D eigenvalue weighted by molar-refractivity contribution is -0.145. The highest BCUT2D eigenvalue weighted by molar-refractivity contribution is 5.97. The summed E-state index contributed by atoms with van der Waals surface area (Å²) in [7, 11) is 0. The fourth-order valence-electron chi connectivity index (χ4n) is 1.87. The number of carbonyl (C=O) groups is 2. The van der Waals surface area contributed by atoms with Crippen molar-refractivity contribution in [2.24, 2.45) is 0 Å². The second-order valence-electron chi connectivity index (χ2n) is 5.02. The number of nitrogens with one attached hydrogen (secondary N) is 1. The standard InChI is InChI=1S/C16H21F2NO3/c1-3-4-5-6-10-22-16(21)11(2)19-15(20)14-12(17)8-7-9-13(14)18/h7-9,11H,3-6,10H2,1-2H3,(H,19,20). The molecule has 0 aromatic heterocycles. The van der Waals surface area contributed by atoms with Gasteiger partial charge in [0, 0.05) is 0 Å². The number of hydrogen-bond acceptors (Lipinski definition) is 3. The first kappa shape index (κ1) is 18.1. The van der Waals surface area contributed by atoms with E-state index in [9.17, 15) is 18.4 Å². The van der Waals surface area contributed by atoms with Gasteiger partial charge in [0.05, 0.1) is 6.61 Å². The van der Waals surface area contributed by atoms with E-state index < -0.39 is 35.1 Å². The van der Waals surface area contributed by atoms with Crippen molar-refractivity contribution in [1.82, 2.24) is 5.32 Å². The van der Waals surface area contributed by atoms with E-state index in [0.717, 1.165) is 43.9 Å². The molecule has 1 atom stereocenters. The molecule has 122 valence electrons. The van der Waals surface area contributed by atoms with Crippen molar-refractivity contribution in [2.45, 2.75) is 45.6 Å². The predicted octanol–water partition coefficient (Wildman–Crippen LogP) is 3.21. The minimum absolute atomic E-state index is 0.271. The van der Waals surface area contributed by atoms with Gasteiger partial charge in [0.2, 0.25) is 0 Å². The maximum Gasteiger partial charge on any atom is 0.328 e. The Balaban J connectivity index is 2.48. The van der Waals surface area contributed by atoms with E-state index >= 15 is 0 Å². The molecule has 22 heavy (non-hydrogen) atoms. The van der Waals surface area contributed by atoms with Gasteiger partial charge in [0.25, 0.3) is 5.91 Å². The lowest BCUT2D eigenvalue weighted by Gasteiger charge is -2.14. The van der Waals surface area contributed by atoms with Gasteiger partial charge in [-0.25, -0.2) is 13.6 Å². The summed E-state index contributed by atoms with van der Waals surface area (Å²) < 4.78 is 31.9. The molecule has 1 aromatic carbocycles. The van der Waals surface area contributed by atoms with E-state index in [4.69, 9.17) is 4.74 Å². The first-order valence-corrected chi connectivity index (χ1v) is 7.38. The van der Waals surface area contributed by atoms with Crippen molar-refractivity contribution in [3.8, 4) is 0 Å². The lowest BCUT2D eigenvalue weighted by Crippen LogP contribution is -2.40. The predicted molar refractivity (Wildman–Crippen MR) is 78.4 cm³/mol. The maximum atomic E-state index is 13.5. The number of amides is 1. The Bertz CT molecular complexity index is 500. The summed E-state index contributed by atoms with van der Waals surface area (Å²) in [5.41, 5.74) is -0.704. The Labute approximate surface area is 128 Å². The van der Waals surface area contributed by atoms with E-state index in [2.05, 4.69) is 12.2 Å². The molecule has 0 bridgehead atoms. The minimum atomic E-state index is -0.981. The molecule has 1 amide bonds. The van der Waals surface area contributed by atoms with Gasteiger partial charge in [-0.2, -0.15) is 0 Å². The number of hydrogen-bond donors (Lipinski definition) is 1. The second kappa shape index (κ2) is 9.12. The topological polar surface area (TPSA) is 55.4 Å². The Morgan fingerprint density at radius 3 is 2.41 bits per heavy atom. The van der Waals surface area contributed by atoms with E-state index in [-0.39, 0.29) is 6.61 Å². The van der Waals surface area contributed by atoms with E-state index in [0.29, 0.717) is 0 Å². The molecule has 1 aromatic rings. The molecule has 4 nitrogen and oxygen atoms in total. The van der Waals surface area contributed by atoms with Crippen LogP contribution < -0.4 is 5.32 Å². The van der Waals surface area contributed by atoms with Crippen molar-refractivity contribution in [3.05, 3.63) is 35.4 Å². The molecule has 0 fully saturated rings. The summed E-state index contributed by atoms with van der Waals surface area (Å²) in [5, 5.41) is 2.24. The van der Waals surface area contributed by atoms with Crippen molar-refractivity contribution < 1.29 is 23.1 Å². The van der Waals surface area contributed by atoms with Crippen LogP contribution in [0.4, 0.5) is 8.78 Å². The third-order valence-corrected chi connectivity index (χ3v) is 3.13. The monoisotopic (exact) mass is 313 g/mol. The molecule has 0 aliphatic carbocycles. The highest BCUT2D eigenvalue weighted by Crippen LogP contribution is 2.12. The minimum Gasteiger partial charge on any atom is -0.464 e. The quantitative estimate of drug-likeness (QED) is 0.592. The van der Waals surface area contributed by atoms with E-state index in [1.165, 1.54) is 6.92 Å². The zero-order valence-corrected chi connectivity index (χ0v) is 12.8. The SMILES string of the molecule is CCCCCCOC(=O)C(C)NC(=O)c1c(F)cccc1F. The average molecular weight is 313 g/mol. The summed E-state index contributed by atoms with van der Waals surface area (Å²) in [6, 6.07) is 2.15. The fraction of sp³-hybridized carbons (Fsp3) is 0.500. The molecule has 6 heteroatoms. The molecular formula is C16H21F2NO3. The van der Waals surface area contributed by atoms with Gasteiger partial charge in [0.1, 0.15) is 23.2 Å². The molecule has 1 rings (SSSR count). The first-order chi connectivity index (χ1) is 10.5. The van der Waals surface area contributed by atoms with Gasteiger partial charge >= 0.3 is 5.97 Å². The van der Waals surface area contributed by atoms with Crippen LogP contribution in [0.1, 0.15) is 49.9 Å². The van der Waals surface area contributed by atoms with Crippen LogP contribution >= 0.6 is 0 Å². The van der Waals surface area contributed by atoms with Crippen molar-refractivity contribution in [1.29, 1.82) is 0 Å². The van der Waals surface area contributed by atoms with Crippen LogP contribution in [0.5, 0.6) is 0 Å². The number of rotatable bonds is 8. The normalized spacial score (nSPS) is 11.8. The zero-order valence-electron chi connectivity index (χ0n) is 12.8. The Hall–Kier alpha value is -1.98. The average Bonchev–Trinajstić information content (AvgIpc) is 2.46. The van der Waals surface area contributed by atoms with Gasteiger partial charge in [-0.05, 0) is 25.5 Å². The third-order valence-electron chi connectivity index (χ3n) is 3.13. The van der Waals surface area contributed by atoms with E-state index in [1.807, 2.05) is 0 Å². The van der Waals surface area contributed by atoms with Crippen molar-refractivity contribution >= 4 is 11.9 Å². The van der Waals surface area contributed by atoms with Crippen LogP contribution in [0.3, 0.4) is 0 Å². The zero-order chi connectivity index (χ0) is 16.5. The van der Waals surface area contributed by atoms with Crippen molar-refractivity contribution in [3.63, 3.8) is 0 Å². The summed E-state index contributed by atoms with van der Waals surface area (Å²) in [4.78, 5) is 23.5. The summed E-state index contributed by atoms with van der Waals surface area (Å²) in [5.74, 6) is -3.55. The van der Waals surface area contributed by atoms with Crippen LogP contribution in [-0.4, -0.2) is 24.5 Å². The Kier molecular flexibility index (Phi) is 7.49. The third kappa shape index (κ3) is 5.42. The smallest absolute Gasteiger partial charge is 0.328 e. The molecule has 0 aliphatic heterocycles. The molecule has 0 heterocycles. The lowest BCUT2D eigenvalue weighted by atomic mass is 10.1.